The summed E-state index contributed by atoms with van der Waals surface area (Å²) in [5.74, 6) is -1.12. The first-order chi connectivity index (χ1) is 10.1. The van der Waals surface area contributed by atoms with Crippen molar-refractivity contribution in [2.45, 2.75) is 12.5 Å². The Morgan fingerprint density at radius 3 is 2.81 bits per heavy atom. The summed E-state index contributed by atoms with van der Waals surface area (Å²) in [6.07, 6.45) is 0.663. The van der Waals surface area contributed by atoms with Crippen LogP contribution in [0.5, 0.6) is 0 Å². The highest BCUT2D eigenvalue weighted by molar-refractivity contribution is 5.95. The second-order valence-electron chi connectivity index (χ2n) is 4.96. The number of carboxylic acids is 1. The van der Waals surface area contributed by atoms with Crippen molar-refractivity contribution >= 4 is 28.6 Å². The molecule has 1 aromatic heterocycles. The van der Waals surface area contributed by atoms with E-state index >= 15 is 0 Å². The molecule has 0 saturated carbocycles. The number of hydrogen-bond donors (Lipinski definition) is 2. The van der Waals surface area contributed by atoms with Gasteiger partial charge >= 0.3 is 5.97 Å². The largest absolute Gasteiger partial charge is 0.475 e. The molecule has 2 N–H and O–H groups in total. The Morgan fingerprint density at radius 2 is 2.14 bits per heavy atom. The second-order valence-corrected chi connectivity index (χ2v) is 4.96. The number of aromatic carboxylic acids is 1. The molecule has 1 saturated heterocycles. The third kappa shape index (κ3) is 2.37. The Hall–Kier alpha value is -2.70. The fourth-order valence-electron chi connectivity index (χ4n) is 2.40. The minimum atomic E-state index is -1.20. The molecule has 0 aliphatic carbocycles. The molecular weight excluding hydrogens is 272 g/mol. The molecular formula is C14H14N4O3. The summed E-state index contributed by atoms with van der Waals surface area (Å²) in [6, 6.07) is 6.73. The van der Waals surface area contributed by atoms with Crippen LogP contribution in [-0.4, -0.2) is 51.5 Å². The normalized spacial score (nSPS) is 18.2. The maximum Gasteiger partial charge on any atom is 0.374 e. The van der Waals surface area contributed by atoms with E-state index in [-0.39, 0.29) is 17.8 Å². The van der Waals surface area contributed by atoms with Gasteiger partial charge in [-0.1, -0.05) is 12.1 Å². The Labute approximate surface area is 120 Å². The van der Waals surface area contributed by atoms with E-state index in [1.165, 1.54) is 0 Å². The number of likely N-dealkylation sites (tertiary alicyclic amines) is 1. The molecule has 7 heteroatoms. The number of para-hydroxylation sites is 1. The lowest BCUT2D eigenvalue weighted by atomic mass is 10.2. The lowest BCUT2D eigenvalue weighted by Gasteiger charge is -2.14. The van der Waals surface area contributed by atoms with Crippen LogP contribution in [0.1, 0.15) is 17.0 Å². The Balaban J connectivity index is 2.04. The summed E-state index contributed by atoms with van der Waals surface area (Å²) >= 11 is 0. The van der Waals surface area contributed by atoms with Crippen LogP contribution in [0, 0.1) is 0 Å². The van der Waals surface area contributed by atoms with Gasteiger partial charge in [-0.25, -0.2) is 14.8 Å². The van der Waals surface area contributed by atoms with Crippen molar-refractivity contribution in [2.24, 2.45) is 0 Å². The van der Waals surface area contributed by atoms with Crippen molar-refractivity contribution in [1.82, 2.24) is 14.9 Å². The van der Waals surface area contributed by atoms with E-state index in [0.29, 0.717) is 29.7 Å². The lowest BCUT2D eigenvalue weighted by Crippen LogP contribution is -2.31. The van der Waals surface area contributed by atoms with Crippen LogP contribution in [0.3, 0.4) is 0 Å². The molecule has 1 amide bonds. The molecule has 7 nitrogen and oxygen atoms in total. The molecule has 108 valence electrons. The van der Waals surface area contributed by atoms with Crippen LogP contribution in [0.25, 0.3) is 10.9 Å². The number of likely N-dealkylation sites (N-methyl/N-ethyl adjacent to an activating group) is 1. The van der Waals surface area contributed by atoms with Crippen molar-refractivity contribution in [3.8, 4) is 0 Å². The molecule has 21 heavy (non-hydrogen) atoms. The highest BCUT2D eigenvalue weighted by Gasteiger charge is 2.29. The number of nitrogens with zero attached hydrogens (tertiary/aromatic N) is 3. The molecule has 1 atom stereocenters. The van der Waals surface area contributed by atoms with Crippen molar-refractivity contribution in [3.05, 3.63) is 30.1 Å². The van der Waals surface area contributed by atoms with Crippen molar-refractivity contribution in [3.63, 3.8) is 0 Å². The first-order valence-electron chi connectivity index (χ1n) is 6.58. The SMILES string of the molecule is CN1CCC(Nc2nc(C(=O)O)nc3ccccc23)C1=O. The van der Waals surface area contributed by atoms with Crippen molar-refractivity contribution in [1.29, 1.82) is 0 Å². The van der Waals surface area contributed by atoms with Gasteiger partial charge in [0.1, 0.15) is 11.9 Å². The molecule has 2 heterocycles. The quantitative estimate of drug-likeness (QED) is 0.873. The number of hydrogen-bond acceptors (Lipinski definition) is 5. The predicted octanol–water partition coefficient (Wildman–Crippen LogP) is 0.971. The molecule has 1 aliphatic rings. The number of carbonyl (C=O) groups excluding carboxylic acids is 1. The number of carboxylic acid groups (broad SMARTS) is 1. The summed E-state index contributed by atoms with van der Waals surface area (Å²) in [5.41, 5.74) is 0.534. The van der Waals surface area contributed by atoms with Gasteiger partial charge in [0.2, 0.25) is 11.7 Å². The number of anilines is 1. The van der Waals surface area contributed by atoms with E-state index in [9.17, 15) is 9.59 Å². The number of amides is 1. The third-order valence-electron chi connectivity index (χ3n) is 3.53. The minimum absolute atomic E-state index is 0.0189. The summed E-state index contributed by atoms with van der Waals surface area (Å²) in [7, 11) is 1.74. The van der Waals surface area contributed by atoms with Crippen LogP contribution in [0.4, 0.5) is 5.82 Å². The van der Waals surface area contributed by atoms with Gasteiger partial charge in [-0.2, -0.15) is 0 Å². The number of rotatable bonds is 3. The van der Waals surface area contributed by atoms with Crippen LogP contribution in [0.15, 0.2) is 24.3 Å². The zero-order chi connectivity index (χ0) is 15.0. The van der Waals surface area contributed by atoms with Gasteiger partial charge in [0.05, 0.1) is 5.52 Å². The molecule has 3 rings (SSSR count). The molecule has 2 aromatic rings. The van der Waals surface area contributed by atoms with Gasteiger partial charge in [0, 0.05) is 19.0 Å². The zero-order valence-corrected chi connectivity index (χ0v) is 11.4. The topological polar surface area (TPSA) is 95.4 Å². The number of nitrogens with one attached hydrogen (secondary N) is 1. The van der Waals surface area contributed by atoms with Gasteiger partial charge < -0.3 is 15.3 Å². The number of aromatic nitrogens is 2. The molecule has 1 fully saturated rings. The van der Waals surface area contributed by atoms with Crippen molar-refractivity contribution < 1.29 is 14.7 Å². The van der Waals surface area contributed by atoms with E-state index in [4.69, 9.17) is 5.11 Å². The summed E-state index contributed by atoms with van der Waals surface area (Å²) in [6.45, 7) is 0.672. The first-order valence-corrected chi connectivity index (χ1v) is 6.58. The Morgan fingerprint density at radius 1 is 1.38 bits per heavy atom. The molecule has 1 unspecified atom stereocenters. The Kier molecular flexibility index (Phi) is 3.17. The maximum absolute atomic E-state index is 12.0. The van der Waals surface area contributed by atoms with Crippen LogP contribution in [0.2, 0.25) is 0 Å². The van der Waals surface area contributed by atoms with Crippen LogP contribution in [-0.2, 0) is 4.79 Å². The second kappa shape index (κ2) is 5.01. The van der Waals surface area contributed by atoms with E-state index in [2.05, 4.69) is 15.3 Å². The smallest absolute Gasteiger partial charge is 0.374 e. The summed E-state index contributed by atoms with van der Waals surface area (Å²) in [4.78, 5) is 32.8. The summed E-state index contributed by atoms with van der Waals surface area (Å²) < 4.78 is 0. The van der Waals surface area contributed by atoms with Gasteiger partial charge in [0.25, 0.3) is 0 Å². The fraction of sp³-hybridized carbons (Fsp3) is 0.286. The fourth-order valence-corrected chi connectivity index (χ4v) is 2.40. The van der Waals surface area contributed by atoms with Gasteiger partial charge in [0.15, 0.2) is 0 Å². The van der Waals surface area contributed by atoms with E-state index in [1.807, 2.05) is 6.07 Å². The standard InChI is InChI=1S/C14H14N4O3/c1-18-7-6-10(13(18)19)16-11-8-4-2-3-5-9(8)15-12(17-11)14(20)21/h2-5,10H,6-7H2,1H3,(H,20,21)(H,15,16,17). The number of fused-ring (bicyclic) bond motifs is 1. The van der Waals surface area contributed by atoms with Crippen LogP contribution < -0.4 is 5.32 Å². The minimum Gasteiger partial charge on any atom is -0.475 e. The molecule has 1 aliphatic heterocycles. The third-order valence-corrected chi connectivity index (χ3v) is 3.53. The molecule has 1 aromatic carbocycles. The molecule has 0 spiro atoms. The molecule has 0 bridgehead atoms. The first kappa shape index (κ1) is 13.3. The molecule has 0 radical (unpaired) electrons. The average Bonchev–Trinajstić information content (AvgIpc) is 2.79. The predicted molar refractivity (Wildman–Crippen MR) is 76.2 cm³/mol. The van der Waals surface area contributed by atoms with Crippen molar-refractivity contribution in [2.75, 3.05) is 18.9 Å². The van der Waals surface area contributed by atoms with Gasteiger partial charge in [-0.15, -0.1) is 0 Å². The average molecular weight is 286 g/mol. The van der Waals surface area contributed by atoms with E-state index in [0.717, 1.165) is 0 Å². The van der Waals surface area contributed by atoms with E-state index < -0.39 is 5.97 Å². The maximum atomic E-state index is 12.0. The van der Waals surface area contributed by atoms with E-state index in [1.54, 1.807) is 30.1 Å². The zero-order valence-electron chi connectivity index (χ0n) is 11.4. The summed E-state index contributed by atoms with van der Waals surface area (Å²) in [5, 5.41) is 12.8. The highest BCUT2D eigenvalue weighted by Crippen LogP contribution is 2.23. The number of benzene rings is 1. The Bertz CT molecular complexity index is 731. The van der Waals surface area contributed by atoms with Gasteiger partial charge in [-0.3, -0.25) is 4.79 Å². The number of carbonyl (C=O) groups is 2. The van der Waals surface area contributed by atoms with Crippen LogP contribution >= 0.6 is 0 Å². The van der Waals surface area contributed by atoms with Gasteiger partial charge in [-0.05, 0) is 18.6 Å². The monoisotopic (exact) mass is 286 g/mol. The highest BCUT2D eigenvalue weighted by atomic mass is 16.4. The lowest BCUT2D eigenvalue weighted by molar-refractivity contribution is -0.127.